The summed E-state index contributed by atoms with van der Waals surface area (Å²) in [6.45, 7) is 3.90. The monoisotopic (exact) mass is 406 g/mol. The van der Waals surface area contributed by atoms with Gasteiger partial charge in [-0.3, -0.25) is 9.52 Å². The van der Waals surface area contributed by atoms with Gasteiger partial charge in [-0.25, -0.2) is 8.42 Å². The molecule has 0 bridgehead atoms. The lowest BCUT2D eigenvalue weighted by atomic mass is 10.1. The van der Waals surface area contributed by atoms with E-state index in [2.05, 4.69) is 10.0 Å². The van der Waals surface area contributed by atoms with E-state index in [1.165, 1.54) is 18.2 Å². The summed E-state index contributed by atoms with van der Waals surface area (Å²) in [6.07, 6.45) is 3.14. The molecule has 0 atom stereocenters. The zero-order valence-electron chi connectivity index (χ0n) is 16.2. The highest BCUT2D eigenvalue weighted by Gasteiger charge is 2.14. The maximum atomic E-state index is 12.6. The van der Waals surface area contributed by atoms with E-state index >= 15 is 0 Å². The molecule has 1 amide bonds. The standard InChI is InChI=1S/C23H22N2O3S/c1-17-8-10-21(16-18(17)2)25-29(27,28)22-13-11-20(12-14-22)24-23(26)15-9-19-6-4-3-5-7-19/h3-16,25H,1-2H3,(H,24,26)/b15-9+. The highest BCUT2D eigenvalue weighted by molar-refractivity contribution is 7.92. The molecule has 29 heavy (non-hydrogen) atoms. The van der Waals surface area contributed by atoms with Crippen molar-refractivity contribution in [3.63, 3.8) is 0 Å². The van der Waals surface area contributed by atoms with Gasteiger partial charge < -0.3 is 5.32 Å². The average Bonchev–Trinajstić information content (AvgIpc) is 2.70. The van der Waals surface area contributed by atoms with Gasteiger partial charge in [0.15, 0.2) is 0 Å². The molecule has 3 aromatic carbocycles. The maximum absolute atomic E-state index is 12.6. The first-order valence-electron chi connectivity index (χ1n) is 9.08. The third kappa shape index (κ3) is 5.56. The molecule has 0 heterocycles. The summed E-state index contributed by atoms with van der Waals surface area (Å²) in [5.41, 5.74) is 4.04. The van der Waals surface area contributed by atoms with Crippen LogP contribution in [0.4, 0.5) is 11.4 Å². The number of benzene rings is 3. The molecule has 0 fully saturated rings. The quantitative estimate of drug-likeness (QED) is 0.580. The molecule has 0 saturated heterocycles. The van der Waals surface area contributed by atoms with Gasteiger partial charge in [-0.2, -0.15) is 0 Å². The van der Waals surface area contributed by atoms with Gasteiger partial charge in [-0.15, -0.1) is 0 Å². The number of rotatable bonds is 6. The lowest BCUT2D eigenvalue weighted by Crippen LogP contribution is -2.13. The van der Waals surface area contributed by atoms with Gasteiger partial charge in [0.1, 0.15) is 0 Å². The van der Waals surface area contributed by atoms with E-state index in [0.717, 1.165) is 16.7 Å². The van der Waals surface area contributed by atoms with Crippen molar-refractivity contribution in [1.82, 2.24) is 0 Å². The van der Waals surface area contributed by atoms with Gasteiger partial charge in [0.05, 0.1) is 4.90 Å². The third-order valence-electron chi connectivity index (χ3n) is 4.42. The number of nitrogens with one attached hydrogen (secondary N) is 2. The molecule has 0 radical (unpaired) electrons. The second-order valence-corrected chi connectivity index (χ2v) is 8.34. The van der Waals surface area contributed by atoms with Crippen LogP contribution in [0.2, 0.25) is 0 Å². The van der Waals surface area contributed by atoms with E-state index in [1.807, 2.05) is 50.2 Å². The summed E-state index contributed by atoms with van der Waals surface area (Å²) in [5, 5.41) is 2.71. The van der Waals surface area contributed by atoms with Crippen molar-refractivity contribution in [2.45, 2.75) is 18.7 Å². The Balaban J connectivity index is 1.66. The van der Waals surface area contributed by atoms with Crippen LogP contribution in [0.15, 0.2) is 83.8 Å². The van der Waals surface area contributed by atoms with Crippen molar-refractivity contribution in [2.24, 2.45) is 0 Å². The van der Waals surface area contributed by atoms with Gasteiger partial charge in [-0.1, -0.05) is 36.4 Å². The van der Waals surface area contributed by atoms with E-state index < -0.39 is 10.0 Å². The number of aryl methyl sites for hydroxylation is 2. The van der Waals surface area contributed by atoms with Crippen LogP contribution >= 0.6 is 0 Å². The topological polar surface area (TPSA) is 75.3 Å². The van der Waals surface area contributed by atoms with Crippen LogP contribution in [-0.2, 0) is 14.8 Å². The predicted octanol–water partition coefficient (Wildman–Crippen LogP) is 4.76. The molecule has 0 aliphatic carbocycles. The highest BCUT2D eigenvalue weighted by atomic mass is 32.2. The summed E-state index contributed by atoms with van der Waals surface area (Å²) in [5.74, 6) is -0.294. The molecule has 0 saturated carbocycles. The molecule has 148 valence electrons. The maximum Gasteiger partial charge on any atom is 0.261 e. The van der Waals surface area contributed by atoms with Crippen molar-refractivity contribution in [2.75, 3.05) is 10.0 Å². The van der Waals surface area contributed by atoms with Crippen molar-refractivity contribution in [1.29, 1.82) is 0 Å². The lowest BCUT2D eigenvalue weighted by Gasteiger charge is -2.10. The third-order valence-corrected chi connectivity index (χ3v) is 5.82. The Morgan fingerprint density at radius 2 is 1.48 bits per heavy atom. The van der Waals surface area contributed by atoms with Crippen LogP contribution in [0.3, 0.4) is 0 Å². The van der Waals surface area contributed by atoms with Gasteiger partial charge in [-0.05, 0) is 73.0 Å². The summed E-state index contributed by atoms with van der Waals surface area (Å²) in [7, 11) is -3.71. The van der Waals surface area contributed by atoms with Crippen LogP contribution in [-0.4, -0.2) is 14.3 Å². The number of anilines is 2. The summed E-state index contributed by atoms with van der Waals surface area (Å²) in [6, 6.07) is 20.9. The summed E-state index contributed by atoms with van der Waals surface area (Å²) in [4.78, 5) is 12.2. The second-order valence-electron chi connectivity index (χ2n) is 6.66. The molecule has 0 aromatic heterocycles. The fourth-order valence-corrected chi connectivity index (χ4v) is 3.71. The highest BCUT2D eigenvalue weighted by Crippen LogP contribution is 2.20. The summed E-state index contributed by atoms with van der Waals surface area (Å²) < 4.78 is 27.7. The normalized spacial score (nSPS) is 11.4. The number of carbonyl (C=O) groups is 1. The van der Waals surface area contributed by atoms with Crippen molar-refractivity contribution >= 4 is 33.4 Å². The minimum absolute atomic E-state index is 0.119. The van der Waals surface area contributed by atoms with Crippen molar-refractivity contribution < 1.29 is 13.2 Å². The van der Waals surface area contributed by atoms with Crippen LogP contribution < -0.4 is 10.0 Å². The smallest absolute Gasteiger partial charge is 0.261 e. The largest absolute Gasteiger partial charge is 0.323 e. The Labute approximate surface area is 171 Å². The fourth-order valence-electron chi connectivity index (χ4n) is 2.66. The zero-order chi connectivity index (χ0) is 20.9. The molecular formula is C23H22N2O3S. The molecular weight excluding hydrogens is 384 g/mol. The van der Waals surface area contributed by atoms with E-state index in [0.29, 0.717) is 11.4 Å². The van der Waals surface area contributed by atoms with Crippen LogP contribution in [0.25, 0.3) is 6.08 Å². The van der Waals surface area contributed by atoms with Gasteiger partial charge >= 0.3 is 0 Å². The SMILES string of the molecule is Cc1ccc(NS(=O)(=O)c2ccc(NC(=O)/C=C/c3ccccc3)cc2)cc1C. The molecule has 0 unspecified atom stereocenters. The Morgan fingerprint density at radius 3 is 2.14 bits per heavy atom. The Hall–Kier alpha value is -3.38. The molecule has 6 heteroatoms. The van der Waals surface area contributed by atoms with E-state index in [1.54, 1.807) is 30.3 Å². The molecule has 3 aromatic rings. The second kappa shape index (κ2) is 8.75. The first-order valence-corrected chi connectivity index (χ1v) is 10.6. The fraction of sp³-hybridized carbons (Fsp3) is 0.0870. The van der Waals surface area contributed by atoms with Crippen LogP contribution in [0.1, 0.15) is 16.7 Å². The molecule has 0 aliphatic heterocycles. The minimum Gasteiger partial charge on any atom is -0.323 e. The van der Waals surface area contributed by atoms with Crippen LogP contribution in [0.5, 0.6) is 0 Å². The average molecular weight is 407 g/mol. The number of hydrogen-bond donors (Lipinski definition) is 2. The number of amides is 1. The van der Waals surface area contributed by atoms with E-state index in [4.69, 9.17) is 0 Å². The molecule has 2 N–H and O–H groups in total. The van der Waals surface area contributed by atoms with Gasteiger partial charge in [0.25, 0.3) is 10.0 Å². The Kier molecular flexibility index (Phi) is 6.14. The molecule has 0 aliphatic rings. The van der Waals surface area contributed by atoms with E-state index in [-0.39, 0.29) is 10.8 Å². The van der Waals surface area contributed by atoms with Crippen molar-refractivity contribution in [3.8, 4) is 0 Å². The molecule has 3 rings (SSSR count). The predicted molar refractivity (Wildman–Crippen MR) is 117 cm³/mol. The van der Waals surface area contributed by atoms with Gasteiger partial charge in [0.2, 0.25) is 5.91 Å². The number of hydrogen-bond acceptors (Lipinski definition) is 3. The lowest BCUT2D eigenvalue weighted by molar-refractivity contribution is -0.111. The zero-order valence-corrected chi connectivity index (χ0v) is 17.0. The number of sulfonamides is 1. The minimum atomic E-state index is -3.71. The number of carbonyl (C=O) groups excluding carboxylic acids is 1. The first kappa shape index (κ1) is 20.4. The van der Waals surface area contributed by atoms with Crippen LogP contribution in [0, 0.1) is 13.8 Å². The van der Waals surface area contributed by atoms with E-state index in [9.17, 15) is 13.2 Å². The molecule has 5 nitrogen and oxygen atoms in total. The van der Waals surface area contributed by atoms with Crippen molar-refractivity contribution in [3.05, 3.63) is 95.6 Å². The van der Waals surface area contributed by atoms with Gasteiger partial charge in [0, 0.05) is 17.5 Å². The Morgan fingerprint density at radius 1 is 0.828 bits per heavy atom. The summed E-state index contributed by atoms with van der Waals surface area (Å²) >= 11 is 0. The Bertz CT molecular complexity index is 1140. The first-order chi connectivity index (χ1) is 13.8. The molecule has 0 spiro atoms.